The highest BCUT2D eigenvalue weighted by atomic mass is 14.1. The normalized spacial score (nSPS) is 10.4. The van der Waals surface area contributed by atoms with Crippen molar-refractivity contribution in [3.63, 3.8) is 0 Å². The minimum Gasteiger partial charge on any atom is -0.0622 e. The summed E-state index contributed by atoms with van der Waals surface area (Å²) in [6, 6.07) is 124. The summed E-state index contributed by atoms with van der Waals surface area (Å²) in [5, 5.41) is 10.6. The highest BCUT2D eigenvalue weighted by Crippen LogP contribution is 2.32. The van der Waals surface area contributed by atoms with Gasteiger partial charge in [-0.3, -0.25) is 0 Å². The lowest BCUT2D eigenvalue weighted by Crippen LogP contribution is -1.83. The van der Waals surface area contributed by atoms with Gasteiger partial charge in [0.25, 0.3) is 0 Å². The Morgan fingerprint density at radius 2 is 0.523 bits per heavy atom. The Bertz CT molecular complexity index is 4630. The second kappa shape index (κ2) is 30.4. The van der Waals surface area contributed by atoms with E-state index in [9.17, 15) is 0 Å². The van der Waals surface area contributed by atoms with Gasteiger partial charge in [0.15, 0.2) is 0 Å². The average Bonchev–Trinajstić information content (AvgIpc) is 3.17. The van der Waals surface area contributed by atoms with Gasteiger partial charge in [-0.05, 0) is 163 Å². The molecular formula is C88H76. The molecule has 0 aliphatic carbocycles. The Morgan fingerprint density at radius 3 is 1.16 bits per heavy atom. The van der Waals surface area contributed by atoms with E-state index in [2.05, 4.69) is 381 Å². The van der Waals surface area contributed by atoms with Crippen molar-refractivity contribution in [3.05, 3.63) is 385 Å². The molecule has 0 fully saturated rings. The topological polar surface area (TPSA) is 0 Å². The van der Waals surface area contributed by atoms with Crippen LogP contribution in [0.1, 0.15) is 33.4 Å². The number of benzene rings is 15. The molecule has 0 amide bonds. The second-order valence-electron chi connectivity index (χ2n) is 22.4. The van der Waals surface area contributed by atoms with E-state index >= 15 is 0 Å². The smallest absolute Gasteiger partial charge is 0.0103 e. The average molecular weight is 1130 g/mol. The van der Waals surface area contributed by atoms with Crippen LogP contribution in [0.3, 0.4) is 0 Å². The Labute approximate surface area is 522 Å². The van der Waals surface area contributed by atoms with Crippen LogP contribution in [0.4, 0.5) is 0 Å². The quantitative estimate of drug-likeness (QED) is 0.161. The predicted octanol–water partition coefficient (Wildman–Crippen LogP) is 24.9. The van der Waals surface area contributed by atoms with Gasteiger partial charge in [0.1, 0.15) is 0 Å². The summed E-state index contributed by atoms with van der Waals surface area (Å²) in [5.74, 6) is 0. The molecule has 0 nitrogen and oxygen atoms in total. The zero-order chi connectivity index (χ0) is 60.9. The maximum Gasteiger partial charge on any atom is -0.0103 e. The van der Waals surface area contributed by atoms with E-state index < -0.39 is 0 Å². The van der Waals surface area contributed by atoms with Crippen molar-refractivity contribution in [2.75, 3.05) is 0 Å². The van der Waals surface area contributed by atoms with E-state index in [-0.39, 0.29) is 0 Å². The van der Waals surface area contributed by atoms with Crippen molar-refractivity contribution in [1.82, 2.24) is 0 Å². The van der Waals surface area contributed by atoms with E-state index in [1.807, 2.05) is 12.1 Å². The summed E-state index contributed by atoms with van der Waals surface area (Å²) in [4.78, 5) is 0. The summed E-state index contributed by atoms with van der Waals surface area (Å²) in [5.41, 5.74) is 20.8. The lowest BCUT2D eigenvalue weighted by Gasteiger charge is -2.09. The molecule has 0 aliphatic heterocycles. The van der Waals surface area contributed by atoms with E-state index in [1.165, 1.54) is 132 Å². The number of aryl methyl sites for hydroxylation is 6. The first-order chi connectivity index (χ1) is 43.1. The summed E-state index contributed by atoms with van der Waals surface area (Å²) < 4.78 is 0. The van der Waals surface area contributed by atoms with Gasteiger partial charge in [0, 0.05) is 0 Å². The number of hydrogen-bond donors (Lipinski definition) is 0. The number of hydrogen-bond acceptors (Lipinski definition) is 0. The van der Waals surface area contributed by atoms with Crippen LogP contribution in [-0.4, -0.2) is 0 Å². The lowest BCUT2D eigenvalue weighted by atomic mass is 9.96. The summed E-state index contributed by atoms with van der Waals surface area (Å²) in [6.45, 7) is 12.8. The first-order valence-corrected chi connectivity index (χ1v) is 30.5. The minimum absolute atomic E-state index is 1.26. The molecule has 15 aromatic rings. The van der Waals surface area contributed by atoms with E-state index in [4.69, 9.17) is 0 Å². The van der Waals surface area contributed by atoms with E-state index in [1.54, 1.807) is 0 Å². The van der Waals surface area contributed by atoms with Crippen LogP contribution in [0.15, 0.2) is 352 Å². The van der Waals surface area contributed by atoms with Gasteiger partial charge in [-0.15, -0.1) is 0 Å². The third-order valence-electron chi connectivity index (χ3n) is 15.8. The predicted molar refractivity (Wildman–Crippen MR) is 384 cm³/mol. The van der Waals surface area contributed by atoms with Crippen molar-refractivity contribution in [1.29, 1.82) is 0 Å². The Morgan fingerprint density at radius 1 is 0.148 bits per heavy atom. The van der Waals surface area contributed by atoms with Gasteiger partial charge in [-0.1, -0.05) is 362 Å². The van der Waals surface area contributed by atoms with Crippen LogP contribution >= 0.6 is 0 Å². The minimum atomic E-state index is 1.26. The molecular weight excluding hydrogens is 1060 g/mol. The zero-order valence-corrected chi connectivity index (χ0v) is 51.5. The SMILES string of the molecule is Cc1ccc(-c2cccc3ccccc23)cc1.Cc1ccc(-c2ccccc2)c2ccccc12.Cc1ccc2ccccc2c1.Cc1cccc(-c2cccc(-c3ccccc3)c2)c1.Cc1cccc2ccccc12.Cc1ccccc1-c1ccccc1. The molecule has 0 atom stereocenters. The highest BCUT2D eigenvalue weighted by molar-refractivity contribution is 5.99. The molecule has 0 N–H and O–H groups in total. The van der Waals surface area contributed by atoms with Crippen LogP contribution in [0.2, 0.25) is 0 Å². The Balaban J connectivity index is 0.000000118. The van der Waals surface area contributed by atoms with Gasteiger partial charge < -0.3 is 0 Å². The maximum absolute atomic E-state index is 2.25. The summed E-state index contributed by atoms with van der Waals surface area (Å²) in [6.07, 6.45) is 0. The van der Waals surface area contributed by atoms with E-state index in [0.29, 0.717) is 0 Å². The van der Waals surface area contributed by atoms with Crippen LogP contribution in [0, 0.1) is 41.5 Å². The van der Waals surface area contributed by atoms with Crippen LogP contribution in [0.25, 0.3) is 98.7 Å². The molecule has 0 aromatic heterocycles. The molecule has 0 saturated heterocycles. The fourth-order valence-corrected chi connectivity index (χ4v) is 11.1. The summed E-state index contributed by atoms with van der Waals surface area (Å²) in [7, 11) is 0. The van der Waals surface area contributed by atoms with Gasteiger partial charge >= 0.3 is 0 Å². The van der Waals surface area contributed by atoms with Gasteiger partial charge in [-0.2, -0.15) is 0 Å². The molecule has 0 radical (unpaired) electrons. The number of fused-ring (bicyclic) bond motifs is 4. The molecule has 15 aromatic carbocycles. The van der Waals surface area contributed by atoms with Crippen molar-refractivity contribution in [2.24, 2.45) is 0 Å². The first-order valence-electron chi connectivity index (χ1n) is 30.5. The van der Waals surface area contributed by atoms with Crippen LogP contribution < -0.4 is 0 Å². The Kier molecular flexibility index (Phi) is 20.9. The Hall–Kier alpha value is -10.7. The standard InChI is InChI=1S/C19H16.2C17H14.C13H12.2C11H10/c1-15-7-5-10-17(13-15)19-12-6-11-18(14-19)16-8-3-2-4-9-16;1-13-9-11-15(12-10-13)17-8-4-6-14-5-2-3-7-16(14)17;1-13-11-12-16(14-7-3-2-4-8-14)17-10-6-5-9-15(13)17;1-11-7-5-6-10-13(11)12-8-3-2-4-9-12;1-9-5-4-7-10-6-2-3-8-11(9)10;1-9-6-7-10-4-2-3-5-11(10)8-9/h2-14H,1H3;2*2-12H,1H3;2-10H,1H3;2*2-8H,1H3. The molecule has 0 saturated carbocycles. The second-order valence-corrected chi connectivity index (χ2v) is 22.4. The molecule has 0 heteroatoms. The van der Waals surface area contributed by atoms with Crippen molar-refractivity contribution in [3.8, 4) is 55.6 Å². The monoisotopic (exact) mass is 1130 g/mol. The van der Waals surface area contributed by atoms with Crippen LogP contribution in [0.5, 0.6) is 0 Å². The molecule has 0 heterocycles. The maximum atomic E-state index is 2.25. The molecule has 0 spiro atoms. The van der Waals surface area contributed by atoms with Crippen molar-refractivity contribution in [2.45, 2.75) is 41.5 Å². The van der Waals surface area contributed by atoms with Gasteiger partial charge in [-0.25, -0.2) is 0 Å². The number of rotatable bonds is 5. The molecule has 15 rings (SSSR count). The zero-order valence-electron chi connectivity index (χ0n) is 51.5. The fourth-order valence-electron chi connectivity index (χ4n) is 11.1. The third-order valence-corrected chi connectivity index (χ3v) is 15.8. The highest BCUT2D eigenvalue weighted by Gasteiger charge is 2.06. The van der Waals surface area contributed by atoms with Crippen molar-refractivity contribution < 1.29 is 0 Å². The lowest BCUT2D eigenvalue weighted by molar-refractivity contribution is 1.46. The third kappa shape index (κ3) is 16.2. The molecule has 0 aliphatic rings. The molecule has 88 heavy (non-hydrogen) atoms. The molecule has 0 bridgehead atoms. The van der Waals surface area contributed by atoms with Gasteiger partial charge in [0.2, 0.25) is 0 Å². The molecule has 0 unspecified atom stereocenters. The first kappa shape index (κ1) is 60.5. The fraction of sp³-hybridized carbons (Fsp3) is 0.0682. The van der Waals surface area contributed by atoms with Crippen LogP contribution in [-0.2, 0) is 0 Å². The van der Waals surface area contributed by atoms with Crippen molar-refractivity contribution >= 4 is 43.1 Å². The molecule has 428 valence electrons. The van der Waals surface area contributed by atoms with E-state index in [0.717, 1.165) is 0 Å². The summed E-state index contributed by atoms with van der Waals surface area (Å²) >= 11 is 0. The largest absolute Gasteiger partial charge is 0.0622 e. The van der Waals surface area contributed by atoms with Gasteiger partial charge in [0.05, 0.1) is 0 Å².